The number of rotatable bonds is 8. The van der Waals surface area contributed by atoms with Crippen molar-refractivity contribution in [3.8, 4) is 11.6 Å². The van der Waals surface area contributed by atoms with Crippen LogP contribution in [-0.4, -0.2) is 31.2 Å². The van der Waals surface area contributed by atoms with Crippen molar-refractivity contribution in [1.82, 2.24) is 15.6 Å². The molecular weight excluding hydrogens is 467 g/mol. The highest BCUT2D eigenvalue weighted by molar-refractivity contribution is 14.0. The quantitative estimate of drug-likeness (QED) is 0.327. The Morgan fingerprint density at radius 3 is 2.54 bits per heavy atom. The molecule has 6 nitrogen and oxygen atoms in total. The Bertz CT molecular complexity index is 751. The normalized spacial score (nSPS) is 12.0. The van der Waals surface area contributed by atoms with Crippen molar-refractivity contribution >= 4 is 29.9 Å². The fourth-order valence-corrected chi connectivity index (χ4v) is 2.44. The third-order valence-electron chi connectivity index (χ3n) is 4.26. The summed E-state index contributed by atoms with van der Waals surface area (Å²) in [5.74, 6) is 2.25. The van der Waals surface area contributed by atoms with Gasteiger partial charge in [-0.15, -0.1) is 24.0 Å². The highest BCUT2D eigenvalue weighted by atomic mass is 127. The van der Waals surface area contributed by atoms with E-state index in [0.29, 0.717) is 19.0 Å². The minimum Gasteiger partial charge on any atom is -0.490 e. The van der Waals surface area contributed by atoms with Crippen molar-refractivity contribution in [2.24, 2.45) is 4.99 Å². The number of methoxy groups -OCH3 is 1. The molecule has 0 amide bonds. The zero-order chi connectivity index (χ0) is 19.6. The monoisotopic (exact) mass is 498 g/mol. The second-order valence-electron chi connectivity index (χ2n) is 6.44. The van der Waals surface area contributed by atoms with Gasteiger partial charge in [0, 0.05) is 38.0 Å². The molecule has 2 N–H and O–H groups in total. The number of guanidine groups is 1. The molecule has 2 rings (SSSR count). The van der Waals surface area contributed by atoms with Crippen molar-refractivity contribution in [3.05, 3.63) is 53.2 Å². The number of ether oxygens (including phenoxy) is 2. The molecule has 28 heavy (non-hydrogen) atoms. The van der Waals surface area contributed by atoms with E-state index in [4.69, 9.17) is 9.47 Å². The SMILES string of the molecule is CCC(C)Oc1cc(C)ccc1CNC(=NC)NCc1ccc(OC)nc1.I. The molecule has 0 spiro atoms. The summed E-state index contributed by atoms with van der Waals surface area (Å²) in [6, 6.07) is 10.1. The lowest BCUT2D eigenvalue weighted by molar-refractivity contribution is 0.215. The first-order chi connectivity index (χ1) is 13.0. The molecule has 7 heteroatoms. The highest BCUT2D eigenvalue weighted by Crippen LogP contribution is 2.22. The van der Waals surface area contributed by atoms with Crippen LogP contribution in [0.2, 0.25) is 0 Å². The van der Waals surface area contributed by atoms with E-state index in [1.54, 1.807) is 20.4 Å². The molecule has 1 aromatic heterocycles. The first-order valence-corrected chi connectivity index (χ1v) is 9.25. The molecule has 0 aliphatic carbocycles. The third kappa shape index (κ3) is 7.53. The van der Waals surface area contributed by atoms with Gasteiger partial charge in [0.15, 0.2) is 5.96 Å². The molecule has 2 aromatic rings. The average molecular weight is 498 g/mol. The van der Waals surface area contributed by atoms with Crippen LogP contribution < -0.4 is 20.1 Å². The van der Waals surface area contributed by atoms with E-state index in [0.717, 1.165) is 29.3 Å². The van der Waals surface area contributed by atoms with Gasteiger partial charge in [-0.2, -0.15) is 0 Å². The summed E-state index contributed by atoms with van der Waals surface area (Å²) in [7, 11) is 3.36. The number of nitrogens with one attached hydrogen (secondary N) is 2. The van der Waals surface area contributed by atoms with Crippen LogP contribution in [0, 0.1) is 6.92 Å². The summed E-state index contributed by atoms with van der Waals surface area (Å²) < 4.78 is 11.2. The Morgan fingerprint density at radius 2 is 1.93 bits per heavy atom. The Balaban J connectivity index is 0.00000392. The summed E-state index contributed by atoms with van der Waals surface area (Å²) in [4.78, 5) is 8.50. The van der Waals surface area contributed by atoms with Crippen LogP contribution in [0.25, 0.3) is 0 Å². The fraction of sp³-hybridized carbons (Fsp3) is 0.429. The van der Waals surface area contributed by atoms with Gasteiger partial charge in [0.25, 0.3) is 0 Å². The van der Waals surface area contributed by atoms with E-state index in [2.05, 4.69) is 59.6 Å². The van der Waals surface area contributed by atoms with E-state index in [1.807, 2.05) is 12.1 Å². The molecule has 0 saturated carbocycles. The van der Waals surface area contributed by atoms with Crippen LogP contribution in [0.1, 0.15) is 37.0 Å². The summed E-state index contributed by atoms with van der Waals surface area (Å²) in [5, 5.41) is 6.64. The number of aryl methyl sites for hydroxylation is 1. The largest absolute Gasteiger partial charge is 0.490 e. The summed E-state index contributed by atoms with van der Waals surface area (Å²) in [6.45, 7) is 7.54. The van der Waals surface area contributed by atoms with Gasteiger partial charge < -0.3 is 20.1 Å². The van der Waals surface area contributed by atoms with Gasteiger partial charge in [-0.05, 0) is 37.5 Å². The second kappa shape index (κ2) is 12.4. The average Bonchev–Trinajstić information content (AvgIpc) is 2.69. The molecule has 0 radical (unpaired) electrons. The smallest absolute Gasteiger partial charge is 0.212 e. The molecule has 0 saturated heterocycles. The number of hydrogen-bond donors (Lipinski definition) is 2. The number of pyridine rings is 1. The van der Waals surface area contributed by atoms with Crippen molar-refractivity contribution in [3.63, 3.8) is 0 Å². The van der Waals surface area contributed by atoms with Gasteiger partial charge in [0.05, 0.1) is 13.2 Å². The molecular formula is C21H31IN4O2. The molecule has 1 atom stereocenters. The van der Waals surface area contributed by atoms with Gasteiger partial charge in [-0.25, -0.2) is 4.98 Å². The molecule has 0 aliphatic heterocycles. The number of nitrogens with zero attached hydrogens (tertiary/aromatic N) is 2. The standard InChI is InChI=1S/C21H30N4O2.HI/c1-6-16(3)27-19-11-15(2)7-9-18(19)14-25-21(22-4)24-13-17-8-10-20(26-5)23-12-17;/h7-12,16H,6,13-14H2,1-5H3,(H2,22,24,25);1H. The first kappa shape index (κ1) is 24.0. The number of benzene rings is 1. The number of halogens is 1. The van der Waals surface area contributed by atoms with E-state index in [9.17, 15) is 0 Å². The lowest BCUT2D eigenvalue weighted by Gasteiger charge is -2.18. The predicted molar refractivity (Wildman–Crippen MR) is 125 cm³/mol. The topological polar surface area (TPSA) is 67.8 Å². The fourth-order valence-electron chi connectivity index (χ4n) is 2.44. The van der Waals surface area contributed by atoms with Crippen LogP contribution in [0.3, 0.4) is 0 Å². The van der Waals surface area contributed by atoms with E-state index in [-0.39, 0.29) is 30.1 Å². The molecule has 1 unspecified atom stereocenters. The number of hydrogen-bond acceptors (Lipinski definition) is 4. The zero-order valence-electron chi connectivity index (χ0n) is 17.3. The molecule has 154 valence electrons. The third-order valence-corrected chi connectivity index (χ3v) is 4.26. The lowest BCUT2D eigenvalue weighted by Crippen LogP contribution is -2.36. The van der Waals surface area contributed by atoms with Crippen LogP contribution in [0.5, 0.6) is 11.6 Å². The van der Waals surface area contributed by atoms with E-state index < -0.39 is 0 Å². The molecule has 0 fully saturated rings. The van der Waals surface area contributed by atoms with Crippen LogP contribution >= 0.6 is 24.0 Å². The van der Waals surface area contributed by atoms with Gasteiger partial charge in [-0.3, -0.25) is 4.99 Å². The maximum atomic E-state index is 6.07. The van der Waals surface area contributed by atoms with E-state index in [1.165, 1.54) is 5.56 Å². The number of aromatic nitrogens is 1. The summed E-state index contributed by atoms with van der Waals surface area (Å²) >= 11 is 0. The Morgan fingerprint density at radius 1 is 1.18 bits per heavy atom. The van der Waals surface area contributed by atoms with Crippen molar-refractivity contribution in [2.45, 2.75) is 46.4 Å². The van der Waals surface area contributed by atoms with Crippen LogP contribution in [0.4, 0.5) is 0 Å². The summed E-state index contributed by atoms with van der Waals surface area (Å²) in [5.41, 5.74) is 3.34. The Kier molecular flexibility index (Phi) is 10.7. The Hall–Kier alpha value is -2.03. The summed E-state index contributed by atoms with van der Waals surface area (Å²) in [6.07, 6.45) is 2.95. The highest BCUT2D eigenvalue weighted by Gasteiger charge is 2.09. The zero-order valence-corrected chi connectivity index (χ0v) is 19.6. The molecule has 1 heterocycles. The number of aliphatic imine (C=N–C) groups is 1. The maximum Gasteiger partial charge on any atom is 0.212 e. The van der Waals surface area contributed by atoms with Crippen molar-refractivity contribution in [1.29, 1.82) is 0 Å². The van der Waals surface area contributed by atoms with Crippen molar-refractivity contribution in [2.75, 3.05) is 14.2 Å². The molecule has 0 bridgehead atoms. The van der Waals surface area contributed by atoms with Crippen molar-refractivity contribution < 1.29 is 9.47 Å². The van der Waals surface area contributed by atoms with E-state index >= 15 is 0 Å². The molecule has 1 aromatic carbocycles. The van der Waals surface area contributed by atoms with Gasteiger partial charge in [-0.1, -0.05) is 25.1 Å². The second-order valence-corrected chi connectivity index (χ2v) is 6.44. The Labute approximate surface area is 185 Å². The van der Waals surface area contributed by atoms with Crippen LogP contribution in [0.15, 0.2) is 41.5 Å². The lowest BCUT2D eigenvalue weighted by atomic mass is 10.1. The minimum atomic E-state index is 0. The predicted octanol–water partition coefficient (Wildman–Crippen LogP) is 4.06. The first-order valence-electron chi connectivity index (χ1n) is 9.25. The maximum absolute atomic E-state index is 6.07. The van der Waals surface area contributed by atoms with Gasteiger partial charge in [0.1, 0.15) is 5.75 Å². The van der Waals surface area contributed by atoms with Crippen LogP contribution in [-0.2, 0) is 13.1 Å². The van der Waals surface area contributed by atoms with Gasteiger partial charge in [0.2, 0.25) is 5.88 Å². The minimum absolute atomic E-state index is 0. The molecule has 0 aliphatic rings. The van der Waals surface area contributed by atoms with Gasteiger partial charge >= 0.3 is 0 Å².